The number of fused-ring (bicyclic) bond motifs is 3. The summed E-state index contributed by atoms with van der Waals surface area (Å²) < 4.78 is 44.2. The Labute approximate surface area is 191 Å². The van der Waals surface area contributed by atoms with Gasteiger partial charge in [0.05, 0.1) is 11.1 Å². The maximum absolute atomic E-state index is 14.8. The van der Waals surface area contributed by atoms with E-state index in [0.717, 1.165) is 25.0 Å². The first-order chi connectivity index (χ1) is 16.3. The second-order valence-corrected chi connectivity index (χ2v) is 9.11. The van der Waals surface area contributed by atoms with Crippen LogP contribution in [-0.4, -0.2) is 53.2 Å². The van der Waals surface area contributed by atoms with Crippen LogP contribution >= 0.6 is 0 Å². The Kier molecular flexibility index (Phi) is 4.55. The fourth-order valence-electron chi connectivity index (χ4n) is 4.71. The van der Waals surface area contributed by atoms with E-state index in [4.69, 9.17) is 5.73 Å². The van der Waals surface area contributed by atoms with Gasteiger partial charge in [-0.3, -0.25) is 9.89 Å². The molecule has 0 radical (unpaired) electrons. The Hall–Kier alpha value is -3.70. The summed E-state index contributed by atoms with van der Waals surface area (Å²) in [5.41, 5.74) is 6.23. The molecule has 34 heavy (non-hydrogen) atoms. The minimum absolute atomic E-state index is 0.0879. The number of hydrogen-bond acceptors (Lipinski definition) is 6. The predicted molar refractivity (Wildman–Crippen MR) is 116 cm³/mol. The highest BCUT2D eigenvalue weighted by molar-refractivity contribution is 5.93. The number of halogens is 3. The van der Waals surface area contributed by atoms with E-state index >= 15 is 0 Å². The lowest BCUT2D eigenvalue weighted by Gasteiger charge is -2.36. The number of amides is 1. The van der Waals surface area contributed by atoms with Gasteiger partial charge in [-0.2, -0.15) is 9.61 Å². The van der Waals surface area contributed by atoms with Crippen molar-refractivity contribution < 1.29 is 18.0 Å². The van der Waals surface area contributed by atoms with Crippen molar-refractivity contribution in [1.82, 2.24) is 34.7 Å². The van der Waals surface area contributed by atoms with Gasteiger partial charge in [-0.25, -0.2) is 23.1 Å². The summed E-state index contributed by atoms with van der Waals surface area (Å²) in [7, 11) is 0. The summed E-state index contributed by atoms with van der Waals surface area (Å²) in [6, 6.07) is 1.74. The highest BCUT2D eigenvalue weighted by Crippen LogP contribution is 2.41. The number of aromatic amines is 1. The van der Waals surface area contributed by atoms with Crippen molar-refractivity contribution in [3.05, 3.63) is 46.8 Å². The molecule has 1 saturated heterocycles. The predicted octanol–water partition coefficient (Wildman–Crippen LogP) is 3.29. The van der Waals surface area contributed by atoms with Crippen molar-refractivity contribution in [2.24, 2.45) is 0 Å². The molecule has 1 aromatic carbocycles. The first-order valence-electron chi connectivity index (χ1n) is 11.2. The zero-order chi connectivity index (χ0) is 23.7. The van der Waals surface area contributed by atoms with Gasteiger partial charge in [0.15, 0.2) is 28.8 Å². The summed E-state index contributed by atoms with van der Waals surface area (Å²) in [5.74, 6) is -2.57. The molecular formula is C22H21F3N8O. The molecule has 2 aliphatic rings. The molecule has 0 spiro atoms. The van der Waals surface area contributed by atoms with Crippen LogP contribution in [0.3, 0.4) is 0 Å². The molecule has 6 rings (SSSR count). The van der Waals surface area contributed by atoms with E-state index in [0.29, 0.717) is 24.4 Å². The van der Waals surface area contributed by atoms with Gasteiger partial charge < -0.3 is 10.6 Å². The van der Waals surface area contributed by atoms with Crippen LogP contribution in [0.4, 0.5) is 19.1 Å². The molecule has 2 fully saturated rings. The molecule has 9 nitrogen and oxygen atoms in total. The van der Waals surface area contributed by atoms with Gasteiger partial charge in [-0.15, -0.1) is 5.10 Å². The van der Waals surface area contributed by atoms with Gasteiger partial charge in [-0.1, -0.05) is 0 Å². The van der Waals surface area contributed by atoms with E-state index in [-0.39, 0.29) is 52.6 Å². The lowest BCUT2D eigenvalue weighted by Crippen LogP contribution is -2.45. The minimum Gasteiger partial charge on any atom is -0.368 e. The molecule has 1 saturated carbocycles. The number of nitrogens with two attached hydrogens (primary N) is 1. The van der Waals surface area contributed by atoms with Crippen molar-refractivity contribution in [1.29, 1.82) is 0 Å². The fraction of sp³-hybridized carbons (Fsp3) is 0.409. The minimum atomic E-state index is -0.844. The van der Waals surface area contributed by atoms with Crippen LogP contribution in [0.2, 0.25) is 0 Å². The number of likely N-dealkylation sites (tertiary alicyclic amines) is 1. The fourth-order valence-corrected chi connectivity index (χ4v) is 4.71. The Bertz CT molecular complexity index is 1460. The largest absolute Gasteiger partial charge is 0.368 e. The number of nitrogens with one attached hydrogen (secondary N) is 1. The molecule has 1 aliphatic carbocycles. The molecule has 176 valence electrons. The molecule has 4 aromatic rings. The second-order valence-electron chi connectivity index (χ2n) is 9.11. The second kappa shape index (κ2) is 7.40. The lowest BCUT2D eigenvalue weighted by molar-refractivity contribution is 0.0595. The van der Waals surface area contributed by atoms with Gasteiger partial charge in [0.2, 0.25) is 5.95 Å². The maximum atomic E-state index is 14.8. The van der Waals surface area contributed by atoms with Crippen LogP contribution in [-0.2, 0) is 0 Å². The molecule has 3 aromatic heterocycles. The monoisotopic (exact) mass is 470 g/mol. The molecule has 0 bridgehead atoms. The Balaban J connectivity index is 1.35. The van der Waals surface area contributed by atoms with E-state index in [2.05, 4.69) is 25.3 Å². The van der Waals surface area contributed by atoms with E-state index in [9.17, 15) is 18.0 Å². The number of carbonyl (C=O) groups excluding carboxylic acids is 1. The summed E-state index contributed by atoms with van der Waals surface area (Å²) >= 11 is 0. The Morgan fingerprint density at radius 3 is 2.65 bits per heavy atom. The number of benzene rings is 1. The third kappa shape index (κ3) is 3.19. The zero-order valence-corrected chi connectivity index (χ0v) is 18.2. The van der Waals surface area contributed by atoms with Gasteiger partial charge >= 0.3 is 0 Å². The average molecular weight is 470 g/mol. The molecule has 12 heteroatoms. The van der Waals surface area contributed by atoms with Gasteiger partial charge in [0.1, 0.15) is 11.3 Å². The Morgan fingerprint density at radius 2 is 1.88 bits per heavy atom. The number of H-pyrrole nitrogens is 1. The van der Waals surface area contributed by atoms with Crippen LogP contribution in [0, 0.1) is 17.5 Å². The normalized spacial score (nSPS) is 21.0. The van der Waals surface area contributed by atoms with Gasteiger partial charge in [0.25, 0.3) is 5.91 Å². The lowest BCUT2D eigenvalue weighted by atomic mass is 9.92. The Morgan fingerprint density at radius 1 is 1.12 bits per heavy atom. The smallest absolute Gasteiger partial charge is 0.277 e. The molecular weight excluding hydrogens is 449 g/mol. The molecule has 2 atom stereocenters. The van der Waals surface area contributed by atoms with Crippen LogP contribution < -0.4 is 5.73 Å². The van der Waals surface area contributed by atoms with Gasteiger partial charge in [0, 0.05) is 30.5 Å². The standard InChI is InChI=1S/C22H21F3N8O/c1-9-2-3-11(8-32(9)21(34)18-15(25)16(29-30-18)10-4-5-10)19-28-20-13-6-12(23)7-14(24)17(13)27-22(26)33(20)31-19/h6-7,9-11H,2-5,8H2,1H3,(H2,26,27)(H,29,30). The number of hydrogen-bond donors (Lipinski definition) is 2. The van der Waals surface area contributed by atoms with Crippen molar-refractivity contribution in [3.63, 3.8) is 0 Å². The third-order valence-corrected chi connectivity index (χ3v) is 6.76. The number of piperidine rings is 1. The molecule has 1 aliphatic heterocycles. The summed E-state index contributed by atoms with van der Waals surface area (Å²) in [5, 5.41) is 11.2. The highest BCUT2D eigenvalue weighted by Gasteiger charge is 2.37. The van der Waals surface area contributed by atoms with Crippen molar-refractivity contribution in [2.45, 2.75) is 50.5 Å². The van der Waals surface area contributed by atoms with E-state index in [1.165, 1.54) is 4.52 Å². The highest BCUT2D eigenvalue weighted by atomic mass is 19.1. The van der Waals surface area contributed by atoms with Crippen molar-refractivity contribution in [2.75, 3.05) is 12.3 Å². The van der Waals surface area contributed by atoms with E-state index < -0.39 is 23.4 Å². The van der Waals surface area contributed by atoms with Crippen LogP contribution in [0.25, 0.3) is 16.6 Å². The number of anilines is 1. The number of nitrogens with zero attached hydrogens (tertiary/aromatic N) is 6. The summed E-state index contributed by atoms with van der Waals surface area (Å²) in [6.45, 7) is 2.15. The number of nitrogen functional groups attached to an aromatic ring is 1. The molecule has 2 unspecified atom stereocenters. The maximum Gasteiger partial charge on any atom is 0.277 e. The average Bonchev–Trinajstić information content (AvgIpc) is 3.41. The molecule has 4 heterocycles. The van der Waals surface area contributed by atoms with Gasteiger partial charge in [-0.05, 0) is 38.7 Å². The number of aromatic nitrogens is 6. The van der Waals surface area contributed by atoms with Crippen LogP contribution in [0.15, 0.2) is 12.1 Å². The topological polar surface area (TPSA) is 118 Å². The van der Waals surface area contributed by atoms with Crippen LogP contribution in [0.1, 0.15) is 66.4 Å². The third-order valence-electron chi connectivity index (χ3n) is 6.76. The molecule has 3 N–H and O–H groups in total. The zero-order valence-electron chi connectivity index (χ0n) is 18.2. The first-order valence-corrected chi connectivity index (χ1v) is 11.2. The SMILES string of the molecule is CC1CCC(c2nc3c4cc(F)cc(F)c4nc(N)n3n2)CN1C(=O)c1n[nH]c(C2CC2)c1F. The van der Waals surface area contributed by atoms with Crippen molar-refractivity contribution >= 4 is 28.4 Å². The first kappa shape index (κ1) is 20.9. The van der Waals surface area contributed by atoms with Crippen molar-refractivity contribution in [3.8, 4) is 0 Å². The quantitative estimate of drug-likeness (QED) is 0.475. The van der Waals surface area contributed by atoms with E-state index in [1.807, 2.05) is 6.92 Å². The summed E-state index contributed by atoms with van der Waals surface area (Å²) in [6.07, 6.45) is 3.08. The molecule has 1 amide bonds. The summed E-state index contributed by atoms with van der Waals surface area (Å²) in [4.78, 5) is 23.3. The number of carbonyl (C=O) groups is 1. The van der Waals surface area contributed by atoms with E-state index in [1.54, 1.807) is 4.90 Å². The number of rotatable bonds is 3. The van der Waals surface area contributed by atoms with Crippen LogP contribution in [0.5, 0.6) is 0 Å².